The molecule has 24 heavy (non-hydrogen) atoms. The second kappa shape index (κ2) is 6.96. The fraction of sp³-hybridized carbons (Fsp3) is 0.429. The molecular formula is C21H25NO2. The summed E-state index contributed by atoms with van der Waals surface area (Å²) in [6, 6.07) is 17.7. The van der Waals surface area contributed by atoms with Gasteiger partial charge in [0.25, 0.3) is 0 Å². The summed E-state index contributed by atoms with van der Waals surface area (Å²) >= 11 is 0. The predicted molar refractivity (Wildman–Crippen MR) is 95.5 cm³/mol. The second-order valence-electron chi connectivity index (χ2n) is 6.73. The number of hydrogen-bond donors (Lipinski definition) is 0. The monoisotopic (exact) mass is 323 g/mol. The van der Waals surface area contributed by atoms with Crippen molar-refractivity contribution in [3.05, 3.63) is 65.2 Å². The first-order chi connectivity index (χ1) is 11.8. The van der Waals surface area contributed by atoms with Crippen molar-refractivity contribution >= 4 is 0 Å². The van der Waals surface area contributed by atoms with Gasteiger partial charge in [0.2, 0.25) is 0 Å². The molecule has 0 N–H and O–H groups in total. The van der Waals surface area contributed by atoms with Crippen LogP contribution in [0, 0.1) is 0 Å². The summed E-state index contributed by atoms with van der Waals surface area (Å²) in [6.07, 6.45) is 3.60. The zero-order chi connectivity index (χ0) is 16.4. The van der Waals surface area contributed by atoms with Crippen LogP contribution in [0.5, 0.6) is 5.75 Å². The Bertz CT molecular complexity index is 685. The van der Waals surface area contributed by atoms with Gasteiger partial charge in [0, 0.05) is 19.1 Å². The molecule has 3 nitrogen and oxygen atoms in total. The van der Waals surface area contributed by atoms with E-state index in [1.54, 1.807) is 7.11 Å². The average molecular weight is 323 g/mol. The number of methoxy groups -OCH3 is 1. The van der Waals surface area contributed by atoms with Crippen molar-refractivity contribution in [2.45, 2.75) is 31.4 Å². The molecular weight excluding hydrogens is 298 g/mol. The lowest BCUT2D eigenvalue weighted by atomic mass is 9.84. The summed E-state index contributed by atoms with van der Waals surface area (Å²) < 4.78 is 11.6. The third kappa shape index (κ3) is 3.06. The fourth-order valence-corrected chi connectivity index (χ4v) is 4.09. The van der Waals surface area contributed by atoms with Gasteiger partial charge in [-0.25, -0.2) is 0 Å². The van der Waals surface area contributed by atoms with Crippen molar-refractivity contribution in [3.8, 4) is 5.75 Å². The number of benzene rings is 2. The summed E-state index contributed by atoms with van der Waals surface area (Å²) in [7, 11) is 1.73. The molecule has 1 heterocycles. The standard InChI is InChI=1S/C21H25NO2/c1-23-18-9-7-17-8-10-20-21(19(17)15-18)24-14-13-22(20)12-11-16-5-3-2-4-6-16/h2-7,9,15,20-21H,8,10-14H2,1H3/t20-,21-/m1/s1. The van der Waals surface area contributed by atoms with Gasteiger partial charge in [-0.05, 0) is 48.1 Å². The van der Waals surface area contributed by atoms with E-state index in [4.69, 9.17) is 9.47 Å². The second-order valence-corrected chi connectivity index (χ2v) is 6.73. The molecule has 2 aliphatic rings. The molecule has 3 heteroatoms. The Labute approximate surface area is 144 Å². The smallest absolute Gasteiger partial charge is 0.119 e. The quantitative estimate of drug-likeness (QED) is 0.858. The zero-order valence-electron chi connectivity index (χ0n) is 14.3. The highest BCUT2D eigenvalue weighted by molar-refractivity contribution is 5.40. The van der Waals surface area contributed by atoms with Crippen molar-refractivity contribution in [3.63, 3.8) is 0 Å². The molecule has 2 aromatic rings. The summed E-state index contributed by atoms with van der Waals surface area (Å²) in [5, 5.41) is 0. The van der Waals surface area contributed by atoms with Crippen molar-refractivity contribution in [1.29, 1.82) is 0 Å². The molecule has 2 aromatic carbocycles. The summed E-state index contributed by atoms with van der Waals surface area (Å²) in [4.78, 5) is 2.63. The van der Waals surface area contributed by atoms with Crippen molar-refractivity contribution in [2.75, 3.05) is 26.8 Å². The van der Waals surface area contributed by atoms with Gasteiger partial charge < -0.3 is 9.47 Å². The highest BCUT2D eigenvalue weighted by Crippen LogP contribution is 2.39. The van der Waals surface area contributed by atoms with Crippen LogP contribution in [-0.2, 0) is 17.6 Å². The maximum absolute atomic E-state index is 6.19. The van der Waals surface area contributed by atoms with Crippen LogP contribution in [0.1, 0.15) is 29.2 Å². The first kappa shape index (κ1) is 15.7. The van der Waals surface area contributed by atoms with E-state index < -0.39 is 0 Å². The zero-order valence-corrected chi connectivity index (χ0v) is 14.3. The number of aryl methyl sites for hydroxylation is 1. The average Bonchev–Trinajstić information content (AvgIpc) is 2.66. The van der Waals surface area contributed by atoms with Crippen LogP contribution in [0.15, 0.2) is 48.5 Å². The number of rotatable bonds is 4. The van der Waals surface area contributed by atoms with Crippen molar-refractivity contribution < 1.29 is 9.47 Å². The van der Waals surface area contributed by atoms with Crippen LogP contribution < -0.4 is 4.74 Å². The molecule has 0 saturated carbocycles. The minimum Gasteiger partial charge on any atom is -0.497 e. The van der Waals surface area contributed by atoms with Gasteiger partial charge in [0.1, 0.15) is 5.75 Å². The summed E-state index contributed by atoms with van der Waals surface area (Å²) in [5.74, 6) is 0.930. The molecule has 1 saturated heterocycles. The largest absolute Gasteiger partial charge is 0.497 e. The lowest BCUT2D eigenvalue weighted by molar-refractivity contribution is -0.0798. The number of morpholine rings is 1. The molecule has 0 amide bonds. The lowest BCUT2D eigenvalue weighted by Gasteiger charge is -2.44. The lowest BCUT2D eigenvalue weighted by Crippen LogP contribution is -2.49. The highest BCUT2D eigenvalue weighted by Gasteiger charge is 2.37. The molecule has 1 aliphatic carbocycles. The normalized spacial score (nSPS) is 23.4. The SMILES string of the molecule is COc1ccc2c(c1)[C@H]1OCCN(CCc3ccccc3)[C@@H]1CC2. The van der Waals surface area contributed by atoms with E-state index in [2.05, 4.69) is 53.4 Å². The molecule has 0 spiro atoms. The number of nitrogens with zero attached hydrogens (tertiary/aromatic N) is 1. The molecule has 0 radical (unpaired) electrons. The molecule has 1 fully saturated rings. The van der Waals surface area contributed by atoms with Crippen LogP contribution in [0.2, 0.25) is 0 Å². The highest BCUT2D eigenvalue weighted by atomic mass is 16.5. The third-order valence-corrected chi connectivity index (χ3v) is 5.39. The van der Waals surface area contributed by atoms with Gasteiger partial charge in [-0.2, -0.15) is 0 Å². The van der Waals surface area contributed by atoms with E-state index in [1.807, 2.05) is 0 Å². The van der Waals surface area contributed by atoms with Gasteiger partial charge in [-0.1, -0.05) is 36.4 Å². The van der Waals surface area contributed by atoms with Gasteiger partial charge in [-0.15, -0.1) is 0 Å². The Morgan fingerprint density at radius 1 is 1.17 bits per heavy atom. The maximum atomic E-state index is 6.19. The molecule has 1 aliphatic heterocycles. The van der Waals surface area contributed by atoms with E-state index in [0.717, 1.165) is 38.3 Å². The van der Waals surface area contributed by atoms with E-state index in [0.29, 0.717) is 6.04 Å². The molecule has 2 atom stereocenters. The van der Waals surface area contributed by atoms with Crippen LogP contribution in [0.4, 0.5) is 0 Å². The molecule has 0 bridgehead atoms. The van der Waals surface area contributed by atoms with Gasteiger partial charge in [-0.3, -0.25) is 4.90 Å². The topological polar surface area (TPSA) is 21.7 Å². The minimum absolute atomic E-state index is 0.188. The minimum atomic E-state index is 0.188. The Kier molecular flexibility index (Phi) is 4.54. The fourth-order valence-electron chi connectivity index (χ4n) is 4.09. The molecule has 126 valence electrons. The summed E-state index contributed by atoms with van der Waals surface area (Å²) in [6.45, 7) is 2.95. The molecule has 0 unspecified atom stereocenters. The Morgan fingerprint density at radius 2 is 2.04 bits per heavy atom. The predicted octanol–water partition coefficient (Wildman–Crippen LogP) is 3.63. The summed E-state index contributed by atoms with van der Waals surface area (Å²) in [5.41, 5.74) is 4.16. The van der Waals surface area contributed by atoms with E-state index in [9.17, 15) is 0 Å². The van der Waals surface area contributed by atoms with Gasteiger partial charge in [0.15, 0.2) is 0 Å². The molecule has 0 aromatic heterocycles. The number of hydrogen-bond acceptors (Lipinski definition) is 3. The van der Waals surface area contributed by atoms with E-state index in [1.165, 1.54) is 23.1 Å². The van der Waals surface area contributed by atoms with Gasteiger partial charge in [0.05, 0.1) is 19.8 Å². The number of fused-ring (bicyclic) bond motifs is 3. The van der Waals surface area contributed by atoms with E-state index in [-0.39, 0.29) is 6.10 Å². The Morgan fingerprint density at radius 3 is 2.88 bits per heavy atom. The van der Waals surface area contributed by atoms with E-state index >= 15 is 0 Å². The van der Waals surface area contributed by atoms with Crippen molar-refractivity contribution in [1.82, 2.24) is 4.90 Å². The molecule has 4 rings (SSSR count). The Balaban J connectivity index is 1.51. The first-order valence-corrected chi connectivity index (χ1v) is 8.91. The van der Waals surface area contributed by atoms with Crippen molar-refractivity contribution in [2.24, 2.45) is 0 Å². The first-order valence-electron chi connectivity index (χ1n) is 8.91. The third-order valence-electron chi connectivity index (χ3n) is 5.39. The van der Waals surface area contributed by atoms with Gasteiger partial charge >= 0.3 is 0 Å². The Hall–Kier alpha value is -1.84. The maximum Gasteiger partial charge on any atom is 0.119 e. The van der Waals surface area contributed by atoms with Crippen LogP contribution >= 0.6 is 0 Å². The van der Waals surface area contributed by atoms with Crippen LogP contribution in [-0.4, -0.2) is 37.7 Å². The van der Waals surface area contributed by atoms with Crippen LogP contribution in [0.3, 0.4) is 0 Å². The number of ether oxygens (including phenoxy) is 2. The van der Waals surface area contributed by atoms with Crippen LogP contribution in [0.25, 0.3) is 0 Å².